The normalized spacial score (nSPS) is 19.1. The summed E-state index contributed by atoms with van der Waals surface area (Å²) in [6.07, 6.45) is 1.76. The van der Waals surface area contributed by atoms with Crippen LogP contribution in [0, 0.1) is 24.7 Å². The minimum Gasteiger partial charge on any atom is -0.340 e. The van der Waals surface area contributed by atoms with Gasteiger partial charge in [0, 0.05) is 95.4 Å². The fourth-order valence-electron chi connectivity index (χ4n) is 7.98. The lowest BCUT2D eigenvalue weighted by atomic mass is 9.99. The van der Waals surface area contributed by atoms with E-state index in [2.05, 4.69) is 22.6 Å². The standard InChI is InChI=1S/C43H47ClN10O6S/c1-23-25(3)61-43-36(23)38(27-12-14-28(44)15-13-27)49-37(39(46)54(43)26(4)45)24(2)40(58)50-52-20-18-51(19-21-52)35(57)11-6-5-10-33(55)47-31-9-7-8-29-30(31)22-53(42(29)60)32-16-17-34(56)48-41(32)59/h7-9,12-15,32,37,45-46H,2,5-6,10-11,16-22H2,1,3-4H3,(H,47,55)(H,50,58)(H,48,56,59)/t32?,37-/m0/s1. The van der Waals surface area contributed by atoms with Gasteiger partial charge in [-0.2, -0.15) is 0 Å². The number of halogens is 1. The van der Waals surface area contributed by atoms with Gasteiger partial charge in [0.1, 0.15) is 28.8 Å². The lowest BCUT2D eigenvalue weighted by Gasteiger charge is -2.35. The van der Waals surface area contributed by atoms with Crippen molar-refractivity contribution in [3.8, 4) is 0 Å². The molecule has 318 valence electrons. The molecule has 3 aromatic rings. The highest BCUT2D eigenvalue weighted by Gasteiger charge is 2.40. The molecule has 0 spiro atoms. The number of rotatable bonds is 11. The number of unbranched alkanes of at least 4 members (excludes halogenated alkanes) is 1. The molecule has 0 bridgehead atoms. The zero-order chi connectivity index (χ0) is 43.7. The van der Waals surface area contributed by atoms with Gasteiger partial charge >= 0.3 is 0 Å². The van der Waals surface area contributed by atoms with Crippen molar-refractivity contribution in [1.29, 1.82) is 10.8 Å². The maximum atomic E-state index is 13.7. The van der Waals surface area contributed by atoms with Crippen LogP contribution in [0.25, 0.3) is 0 Å². The van der Waals surface area contributed by atoms with Gasteiger partial charge in [-0.05, 0) is 69.9 Å². The van der Waals surface area contributed by atoms with E-state index >= 15 is 0 Å². The molecule has 1 unspecified atom stereocenters. The summed E-state index contributed by atoms with van der Waals surface area (Å²) in [6.45, 7) is 11.3. The molecule has 7 rings (SSSR count). The average molecular weight is 867 g/mol. The summed E-state index contributed by atoms with van der Waals surface area (Å²) in [5, 5.41) is 26.0. The van der Waals surface area contributed by atoms with Crippen LogP contribution < -0.4 is 21.0 Å². The van der Waals surface area contributed by atoms with E-state index in [4.69, 9.17) is 22.0 Å². The van der Waals surface area contributed by atoms with Gasteiger partial charge in [0.15, 0.2) is 0 Å². The Bertz CT molecular complexity index is 2400. The molecule has 2 saturated heterocycles. The highest BCUT2D eigenvalue weighted by atomic mass is 35.5. The number of carbonyl (C=O) groups is 6. The molecular formula is C43H47ClN10O6S. The maximum absolute atomic E-state index is 13.7. The third-order valence-electron chi connectivity index (χ3n) is 11.4. The lowest BCUT2D eigenvalue weighted by Crippen LogP contribution is -2.55. The van der Waals surface area contributed by atoms with Gasteiger partial charge in [-0.15, -0.1) is 11.3 Å². The first-order valence-corrected chi connectivity index (χ1v) is 21.3. The Labute approximate surface area is 362 Å². The summed E-state index contributed by atoms with van der Waals surface area (Å²) in [4.78, 5) is 87.7. The molecule has 0 aliphatic carbocycles. The Morgan fingerprint density at radius 3 is 2.41 bits per heavy atom. The molecule has 5 heterocycles. The van der Waals surface area contributed by atoms with Crippen LogP contribution in [0.1, 0.15) is 82.9 Å². The number of nitrogens with zero attached hydrogens (tertiary/aromatic N) is 5. The minimum absolute atomic E-state index is 0.0362. The smallest absolute Gasteiger partial charge is 0.263 e. The summed E-state index contributed by atoms with van der Waals surface area (Å²) in [5.74, 6) is -1.98. The highest BCUT2D eigenvalue weighted by molar-refractivity contribution is 7.17. The fourth-order valence-corrected chi connectivity index (χ4v) is 9.33. The van der Waals surface area contributed by atoms with Gasteiger partial charge in [-0.1, -0.05) is 36.4 Å². The van der Waals surface area contributed by atoms with Crippen molar-refractivity contribution >= 4 is 86.5 Å². The molecule has 0 radical (unpaired) electrons. The number of aliphatic imine (C=N–C) groups is 1. The number of fused-ring (bicyclic) bond motifs is 2. The van der Waals surface area contributed by atoms with E-state index in [1.165, 1.54) is 21.1 Å². The summed E-state index contributed by atoms with van der Waals surface area (Å²) < 4.78 is 0. The van der Waals surface area contributed by atoms with Crippen molar-refractivity contribution in [2.45, 2.75) is 77.9 Å². The minimum atomic E-state index is -1.09. The quantitative estimate of drug-likeness (QED) is 0.0598. The van der Waals surface area contributed by atoms with Gasteiger partial charge in [-0.25, -0.2) is 5.01 Å². The molecule has 18 heteroatoms. The highest BCUT2D eigenvalue weighted by Crippen LogP contribution is 2.41. The Morgan fingerprint density at radius 2 is 1.72 bits per heavy atom. The summed E-state index contributed by atoms with van der Waals surface area (Å²) >= 11 is 7.67. The van der Waals surface area contributed by atoms with Crippen LogP contribution in [0.2, 0.25) is 5.02 Å². The largest absolute Gasteiger partial charge is 0.340 e. The Kier molecular flexibility index (Phi) is 12.6. The van der Waals surface area contributed by atoms with Crippen LogP contribution >= 0.6 is 22.9 Å². The fraction of sp³-hybridized carbons (Fsp3) is 0.372. The Balaban J connectivity index is 0.893. The van der Waals surface area contributed by atoms with Gasteiger partial charge in [0.2, 0.25) is 23.6 Å². The first kappa shape index (κ1) is 43.1. The number of benzene rings is 2. The summed E-state index contributed by atoms with van der Waals surface area (Å²) in [7, 11) is 0. The van der Waals surface area contributed by atoms with Crippen molar-refractivity contribution in [3.05, 3.63) is 92.3 Å². The molecule has 61 heavy (non-hydrogen) atoms. The third-order valence-corrected chi connectivity index (χ3v) is 12.9. The number of hydrogen-bond acceptors (Lipinski definition) is 11. The second-order valence-electron chi connectivity index (χ2n) is 15.5. The number of aryl methyl sites for hydroxylation is 1. The molecule has 2 fully saturated rings. The SMILES string of the molecule is C=C(C(=O)NN1CCN(C(=O)CCCCC(=O)Nc2cccc3c2CN(C2CCC(=O)NC2=O)C3=O)CC1)[C@@H]1N=C(c2ccc(Cl)cc2)c2c(sc(C)c2C)N(C(C)=N)C1=N. The second kappa shape index (κ2) is 17.9. The molecule has 6 amide bonds. The Hall–Kier alpha value is -6.04. The van der Waals surface area contributed by atoms with E-state index in [1.54, 1.807) is 47.2 Å². The van der Waals surface area contributed by atoms with Gasteiger partial charge < -0.3 is 15.1 Å². The van der Waals surface area contributed by atoms with Crippen LogP contribution in [-0.4, -0.2) is 106 Å². The summed E-state index contributed by atoms with van der Waals surface area (Å²) in [6, 6.07) is 10.4. The first-order chi connectivity index (χ1) is 29.1. The maximum Gasteiger partial charge on any atom is 0.263 e. The molecular weight excluding hydrogens is 820 g/mol. The van der Waals surface area contributed by atoms with Crippen molar-refractivity contribution in [2.75, 3.05) is 36.4 Å². The van der Waals surface area contributed by atoms with Crippen molar-refractivity contribution in [2.24, 2.45) is 4.99 Å². The first-order valence-electron chi connectivity index (χ1n) is 20.1. The molecule has 5 N–H and O–H groups in total. The molecule has 4 aliphatic heterocycles. The predicted molar refractivity (Wildman–Crippen MR) is 233 cm³/mol. The van der Waals surface area contributed by atoms with E-state index in [1.807, 2.05) is 26.0 Å². The number of anilines is 2. The van der Waals surface area contributed by atoms with Gasteiger partial charge in [0.25, 0.3) is 11.8 Å². The van der Waals surface area contributed by atoms with E-state index < -0.39 is 23.9 Å². The van der Waals surface area contributed by atoms with Crippen LogP contribution in [0.5, 0.6) is 0 Å². The topological polar surface area (TPSA) is 212 Å². The zero-order valence-corrected chi connectivity index (χ0v) is 35.7. The lowest BCUT2D eigenvalue weighted by molar-refractivity contribution is -0.137. The third kappa shape index (κ3) is 8.90. The van der Waals surface area contributed by atoms with Crippen molar-refractivity contribution < 1.29 is 28.8 Å². The number of hydrazine groups is 1. The molecule has 16 nitrogen and oxygen atoms in total. The van der Waals surface area contributed by atoms with Crippen LogP contribution in [0.15, 0.2) is 59.6 Å². The number of amidine groups is 2. The average Bonchev–Trinajstić information content (AvgIpc) is 3.66. The number of amides is 6. The number of hydrogen-bond donors (Lipinski definition) is 5. The Morgan fingerprint density at radius 1 is 1.02 bits per heavy atom. The second-order valence-corrected chi connectivity index (χ2v) is 17.1. The van der Waals surface area contributed by atoms with Crippen LogP contribution in [0.3, 0.4) is 0 Å². The van der Waals surface area contributed by atoms with Crippen LogP contribution in [-0.2, 0) is 30.5 Å². The van der Waals surface area contributed by atoms with E-state index in [9.17, 15) is 34.2 Å². The number of carbonyl (C=O) groups excluding carboxylic acids is 6. The van der Waals surface area contributed by atoms with E-state index in [0.717, 1.165) is 21.6 Å². The number of imide groups is 1. The monoisotopic (exact) mass is 866 g/mol. The molecule has 1 aromatic heterocycles. The van der Waals surface area contributed by atoms with Gasteiger partial charge in [-0.3, -0.25) is 60.2 Å². The number of piperidine rings is 1. The summed E-state index contributed by atoms with van der Waals surface area (Å²) in [5.41, 5.74) is 7.52. The van der Waals surface area contributed by atoms with Crippen LogP contribution in [0.4, 0.5) is 10.7 Å². The number of nitrogens with one attached hydrogen (secondary N) is 5. The van der Waals surface area contributed by atoms with Crippen molar-refractivity contribution in [3.63, 3.8) is 0 Å². The zero-order valence-electron chi connectivity index (χ0n) is 34.2. The van der Waals surface area contributed by atoms with E-state index in [-0.39, 0.29) is 73.1 Å². The number of piperazine rings is 1. The van der Waals surface area contributed by atoms with E-state index in [0.29, 0.717) is 71.6 Å². The van der Waals surface area contributed by atoms with Gasteiger partial charge in [0.05, 0.1) is 5.71 Å². The van der Waals surface area contributed by atoms with Crippen molar-refractivity contribution in [1.82, 2.24) is 25.6 Å². The number of thiophene rings is 1. The molecule has 2 aromatic carbocycles. The predicted octanol–water partition coefficient (Wildman–Crippen LogP) is 4.71. The molecule has 2 atom stereocenters. The molecule has 4 aliphatic rings. The molecule has 0 saturated carbocycles.